The number of nitrogens with zero attached hydrogens (tertiary/aromatic N) is 4. The first-order chi connectivity index (χ1) is 20.5. The Labute approximate surface area is 254 Å². The Morgan fingerprint density at radius 1 is 0.929 bits per heavy atom. The number of halogens is 1. The Morgan fingerprint density at radius 2 is 1.74 bits per heavy atom. The zero-order valence-corrected chi connectivity index (χ0v) is 25.4. The van der Waals surface area contributed by atoms with Crippen LogP contribution in [0.5, 0.6) is 5.88 Å². The number of hydrogen-bond donors (Lipinski definition) is 1. The van der Waals surface area contributed by atoms with Gasteiger partial charge in [-0.2, -0.15) is 0 Å². The highest BCUT2D eigenvalue weighted by atomic mass is 79.9. The van der Waals surface area contributed by atoms with Crippen LogP contribution in [0.15, 0.2) is 95.6 Å². The van der Waals surface area contributed by atoms with Crippen molar-refractivity contribution in [3.8, 4) is 5.88 Å². The summed E-state index contributed by atoms with van der Waals surface area (Å²) in [6.07, 6.45) is 1.81. The van der Waals surface area contributed by atoms with Crippen molar-refractivity contribution in [2.75, 3.05) is 46.9 Å². The van der Waals surface area contributed by atoms with Gasteiger partial charge in [-0.1, -0.05) is 64.5 Å². The summed E-state index contributed by atoms with van der Waals surface area (Å²) >= 11 is 3.63. The van der Waals surface area contributed by atoms with E-state index in [4.69, 9.17) is 9.72 Å². The zero-order chi connectivity index (χ0) is 29.1. The van der Waals surface area contributed by atoms with Crippen molar-refractivity contribution in [2.24, 2.45) is 0 Å². The topological polar surface area (TPSA) is 70.6 Å². The molecule has 1 aliphatic heterocycles. The molecule has 8 heteroatoms. The number of amides is 1. The van der Waals surface area contributed by atoms with Gasteiger partial charge >= 0.3 is 0 Å². The van der Waals surface area contributed by atoms with E-state index in [0.29, 0.717) is 5.88 Å². The summed E-state index contributed by atoms with van der Waals surface area (Å²) in [5, 5.41) is 5.77. The van der Waals surface area contributed by atoms with Gasteiger partial charge in [-0.3, -0.25) is 9.78 Å². The van der Waals surface area contributed by atoms with Crippen molar-refractivity contribution in [1.29, 1.82) is 0 Å². The maximum atomic E-state index is 13.5. The number of hydrogen-bond acceptors (Lipinski definition) is 6. The number of carbonyl (C=O) groups is 1. The smallest absolute Gasteiger partial charge is 0.236 e. The highest BCUT2D eigenvalue weighted by Gasteiger charge is 2.32. The van der Waals surface area contributed by atoms with Gasteiger partial charge in [0.1, 0.15) is 0 Å². The van der Waals surface area contributed by atoms with Gasteiger partial charge in [-0.05, 0) is 54.6 Å². The first-order valence-corrected chi connectivity index (χ1v) is 15.0. The molecule has 5 aromatic rings. The van der Waals surface area contributed by atoms with Crippen molar-refractivity contribution in [2.45, 2.75) is 12.0 Å². The van der Waals surface area contributed by atoms with E-state index in [1.54, 1.807) is 7.11 Å². The molecular formula is C34H34BrN5O2. The molecule has 1 amide bonds. The minimum Gasteiger partial charge on any atom is -0.481 e. The van der Waals surface area contributed by atoms with Gasteiger partial charge in [0.05, 0.1) is 24.7 Å². The van der Waals surface area contributed by atoms with Crippen LogP contribution in [0.3, 0.4) is 0 Å². The van der Waals surface area contributed by atoms with Crippen LogP contribution in [0, 0.1) is 0 Å². The molecule has 2 unspecified atom stereocenters. The predicted molar refractivity (Wildman–Crippen MR) is 171 cm³/mol. The monoisotopic (exact) mass is 623 g/mol. The molecule has 3 aromatic carbocycles. The zero-order valence-electron chi connectivity index (χ0n) is 23.8. The Balaban J connectivity index is 1.51. The van der Waals surface area contributed by atoms with Crippen LogP contribution in [0.1, 0.15) is 28.7 Å². The summed E-state index contributed by atoms with van der Waals surface area (Å²) in [4.78, 5) is 27.3. The Morgan fingerprint density at radius 3 is 2.52 bits per heavy atom. The second-order valence-corrected chi connectivity index (χ2v) is 11.7. The summed E-state index contributed by atoms with van der Waals surface area (Å²) in [6.45, 7) is 3.44. The highest BCUT2D eigenvalue weighted by molar-refractivity contribution is 9.10. The van der Waals surface area contributed by atoms with Gasteiger partial charge in [0.2, 0.25) is 11.8 Å². The normalized spacial score (nSPS) is 15.5. The lowest BCUT2D eigenvalue weighted by Gasteiger charge is -2.34. The summed E-state index contributed by atoms with van der Waals surface area (Å²) in [5.74, 6) is 0.447. The Kier molecular flexibility index (Phi) is 8.46. The molecule has 6 rings (SSSR count). The number of fused-ring (bicyclic) bond motifs is 2. The number of aromatic nitrogens is 2. The molecule has 0 aliphatic carbocycles. The van der Waals surface area contributed by atoms with E-state index in [-0.39, 0.29) is 24.4 Å². The highest BCUT2D eigenvalue weighted by Crippen LogP contribution is 2.43. The fraction of sp³-hybridized carbons (Fsp3) is 0.265. The van der Waals surface area contributed by atoms with Gasteiger partial charge in [0.25, 0.3) is 0 Å². The van der Waals surface area contributed by atoms with Crippen molar-refractivity contribution < 1.29 is 9.53 Å². The molecule has 0 saturated carbocycles. The molecule has 3 heterocycles. The van der Waals surface area contributed by atoms with E-state index < -0.39 is 0 Å². The van der Waals surface area contributed by atoms with Gasteiger partial charge in [0.15, 0.2) is 0 Å². The maximum absolute atomic E-state index is 13.5. The Hall–Kier alpha value is -3.85. The lowest BCUT2D eigenvalue weighted by Crippen LogP contribution is -2.50. The molecule has 42 heavy (non-hydrogen) atoms. The quantitative estimate of drug-likeness (QED) is 0.236. The molecule has 1 N–H and O–H groups in total. The third-order valence-electron chi connectivity index (χ3n) is 8.13. The van der Waals surface area contributed by atoms with E-state index >= 15 is 0 Å². The molecular weight excluding hydrogens is 590 g/mol. The maximum Gasteiger partial charge on any atom is 0.236 e. The minimum absolute atomic E-state index is 0.103. The average Bonchev–Trinajstić information content (AvgIpc) is 3.03. The molecule has 2 atom stereocenters. The third kappa shape index (κ3) is 5.88. The number of carbonyl (C=O) groups excluding carboxylic acids is 1. The van der Waals surface area contributed by atoms with E-state index in [1.165, 1.54) is 0 Å². The van der Waals surface area contributed by atoms with Gasteiger partial charge in [-0.15, -0.1) is 0 Å². The van der Waals surface area contributed by atoms with E-state index in [0.717, 1.165) is 69.1 Å². The molecule has 1 saturated heterocycles. The summed E-state index contributed by atoms with van der Waals surface area (Å²) in [5.41, 5.74) is 4.87. The lowest BCUT2D eigenvalue weighted by molar-refractivity contribution is -0.131. The summed E-state index contributed by atoms with van der Waals surface area (Å²) < 4.78 is 6.93. The first-order valence-electron chi connectivity index (χ1n) is 14.2. The van der Waals surface area contributed by atoms with Crippen LogP contribution in [-0.4, -0.2) is 72.6 Å². The number of ether oxygens (including phenoxy) is 1. The second kappa shape index (κ2) is 12.6. The van der Waals surface area contributed by atoms with E-state index in [2.05, 4.69) is 86.7 Å². The van der Waals surface area contributed by atoms with Crippen LogP contribution in [0.2, 0.25) is 0 Å². The Bertz CT molecular complexity index is 1700. The lowest BCUT2D eigenvalue weighted by atomic mass is 9.80. The number of piperazine rings is 1. The molecule has 2 aromatic heterocycles. The van der Waals surface area contributed by atoms with Crippen molar-refractivity contribution in [1.82, 2.24) is 25.1 Å². The SMILES string of the molecule is COc1nc2ccc(Br)cc2cc1C(c1ccccc1)C(NCC(=O)N1CCN(C)CC1)c1cccc2ncccc12. The average molecular weight is 625 g/mol. The summed E-state index contributed by atoms with van der Waals surface area (Å²) in [6, 6.07) is 28.6. The molecule has 0 bridgehead atoms. The standard InChI is InChI=1S/C34H34BrN5O2/c1-39-16-18-40(19-17-39)31(41)22-37-33(27-10-6-12-30-26(27)11-7-15-36-30)32(23-8-4-3-5-9-23)28-21-24-20-25(35)13-14-29(24)38-34(28)42-2/h3-15,20-21,32-33,37H,16-19,22H2,1-2H3. The second-order valence-electron chi connectivity index (χ2n) is 10.8. The van der Waals surface area contributed by atoms with Crippen LogP contribution < -0.4 is 10.1 Å². The van der Waals surface area contributed by atoms with Gasteiger partial charge < -0.3 is 19.9 Å². The minimum atomic E-state index is -0.281. The van der Waals surface area contributed by atoms with Crippen LogP contribution >= 0.6 is 15.9 Å². The number of rotatable bonds is 8. The molecule has 0 radical (unpaired) electrons. The third-order valence-corrected chi connectivity index (χ3v) is 8.63. The van der Waals surface area contributed by atoms with Crippen molar-refractivity contribution >= 4 is 43.6 Å². The predicted octanol–water partition coefficient (Wildman–Crippen LogP) is 5.79. The molecule has 0 spiro atoms. The van der Waals surface area contributed by atoms with Crippen LogP contribution in [0.25, 0.3) is 21.8 Å². The summed E-state index contributed by atoms with van der Waals surface area (Å²) in [7, 11) is 3.76. The fourth-order valence-corrected chi connectivity index (χ4v) is 6.29. The number of benzene rings is 3. The number of nitrogens with one attached hydrogen (secondary N) is 1. The van der Waals surface area contributed by atoms with E-state index in [9.17, 15) is 4.79 Å². The fourth-order valence-electron chi connectivity index (χ4n) is 5.91. The van der Waals surface area contributed by atoms with Crippen LogP contribution in [-0.2, 0) is 4.79 Å². The molecule has 7 nitrogen and oxygen atoms in total. The first kappa shape index (κ1) is 28.3. The van der Waals surface area contributed by atoms with Crippen LogP contribution in [0.4, 0.5) is 0 Å². The number of likely N-dealkylation sites (N-methyl/N-ethyl adjacent to an activating group) is 1. The van der Waals surface area contributed by atoms with Gasteiger partial charge in [0, 0.05) is 65.1 Å². The van der Waals surface area contributed by atoms with Crippen molar-refractivity contribution in [3.63, 3.8) is 0 Å². The van der Waals surface area contributed by atoms with E-state index in [1.807, 2.05) is 47.5 Å². The molecule has 214 valence electrons. The number of pyridine rings is 2. The largest absolute Gasteiger partial charge is 0.481 e. The van der Waals surface area contributed by atoms with Gasteiger partial charge in [-0.25, -0.2) is 4.98 Å². The molecule has 1 aliphatic rings. The number of methoxy groups -OCH3 is 1. The van der Waals surface area contributed by atoms with Crippen molar-refractivity contribution in [3.05, 3.63) is 112 Å². The molecule has 1 fully saturated rings.